The predicted molar refractivity (Wildman–Crippen MR) is 104 cm³/mol. The highest BCUT2D eigenvalue weighted by Gasteiger charge is 2.37. The molecule has 0 saturated heterocycles. The molecule has 5 nitrogen and oxygen atoms in total. The normalized spacial score (nSPS) is 14.7. The number of sulfonamides is 1. The van der Waals surface area contributed by atoms with Gasteiger partial charge >= 0.3 is 0 Å². The second-order valence-corrected chi connectivity index (χ2v) is 8.99. The molecular weight excluding hydrogens is 368 g/mol. The van der Waals surface area contributed by atoms with Gasteiger partial charge in [-0.3, -0.25) is 9.10 Å². The van der Waals surface area contributed by atoms with Gasteiger partial charge in [-0.15, -0.1) is 11.3 Å². The van der Waals surface area contributed by atoms with Crippen LogP contribution in [0.3, 0.4) is 0 Å². The van der Waals surface area contributed by atoms with Crippen LogP contribution in [-0.4, -0.2) is 32.3 Å². The molecule has 134 valence electrons. The first-order valence-electron chi connectivity index (χ1n) is 8.37. The summed E-state index contributed by atoms with van der Waals surface area (Å²) in [4.78, 5) is 15.9. The molecule has 2 aromatic carbocycles. The van der Waals surface area contributed by atoms with E-state index in [0.717, 1.165) is 10.3 Å². The van der Waals surface area contributed by atoms with E-state index in [9.17, 15) is 13.2 Å². The van der Waals surface area contributed by atoms with Crippen molar-refractivity contribution in [1.29, 1.82) is 0 Å². The van der Waals surface area contributed by atoms with Crippen molar-refractivity contribution in [2.24, 2.45) is 0 Å². The Labute approximate surface area is 156 Å². The number of rotatable bonds is 5. The molecule has 0 fully saturated rings. The van der Waals surface area contributed by atoms with E-state index < -0.39 is 10.0 Å². The maximum Gasteiger partial charge on any atom is 0.265 e. The average molecular weight is 386 g/mol. The van der Waals surface area contributed by atoms with Gasteiger partial charge in [0.2, 0.25) is 5.91 Å². The van der Waals surface area contributed by atoms with Crippen LogP contribution >= 0.6 is 11.3 Å². The first kappa shape index (κ1) is 17.1. The molecule has 0 radical (unpaired) electrons. The number of carbonyl (C=O) groups excluding carboxylic acids is 1. The van der Waals surface area contributed by atoms with Crippen molar-refractivity contribution in [2.45, 2.75) is 18.4 Å². The van der Waals surface area contributed by atoms with Crippen LogP contribution in [0.1, 0.15) is 11.8 Å². The van der Waals surface area contributed by atoms with E-state index in [1.165, 1.54) is 4.31 Å². The Bertz CT molecular complexity index is 1070. The second kappa shape index (κ2) is 6.41. The minimum absolute atomic E-state index is 0.185. The molecule has 1 aromatic heterocycles. The smallest absolute Gasteiger partial charge is 0.265 e. The number of likely N-dealkylation sites (N-methyl/N-ethyl adjacent to an activating group) is 1. The molecule has 1 aliphatic heterocycles. The maximum absolute atomic E-state index is 13.0. The summed E-state index contributed by atoms with van der Waals surface area (Å²) in [7, 11) is -3.71. The topological polar surface area (TPSA) is 57.7 Å². The Morgan fingerprint density at radius 2 is 1.88 bits per heavy atom. The van der Waals surface area contributed by atoms with E-state index in [0.29, 0.717) is 24.2 Å². The van der Waals surface area contributed by atoms with Crippen LogP contribution in [0.5, 0.6) is 0 Å². The van der Waals surface area contributed by atoms with E-state index in [1.54, 1.807) is 34.4 Å². The van der Waals surface area contributed by atoms with Crippen molar-refractivity contribution < 1.29 is 13.2 Å². The van der Waals surface area contributed by atoms with Crippen LogP contribution in [0.15, 0.2) is 58.8 Å². The van der Waals surface area contributed by atoms with E-state index in [-0.39, 0.29) is 17.3 Å². The molecule has 26 heavy (non-hydrogen) atoms. The van der Waals surface area contributed by atoms with Crippen LogP contribution in [0.2, 0.25) is 0 Å². The number of carbonyl (C=O) groups is 1. The molecule has 2 heterocycles. The Balaban J connectivity index is 1.66. The number of benzene rings is 2. The number of thiophene rings is 1. The molecule has 0 bridgehead atoms. The van der Waals surface area contributed by atoms with Crippen molar-refractivity contribution in [3.05, 3.63) is 58.8 Å². The molecule has 0 spiro atoms. The summed E-state index contributed by atoms with van der Waals surface area (Å²) in [5, 5.41) is 3.53. The average Bonchev–Trinajstić information content (AvgIpc) is 3.22. The quantitative estimate of drug-likeness (QED) is 0.675. The number of nitrogens with zero attached hydrogens (tertiary/aromatic N) is 2. The summed E-state index contributed by atoms with van der Waals surface area (Å²) in [6, 6.07) is 14.6. The van der Waals surface area contributed by atoms with Crippen molar-refractivity contribution in [3.63, 3.8) is 0 Å². The Morgan fingerprint density at radius 1 is 1.12 bits per heavy atom. The van der Waals surface area contributed by atoms with Gasteiger partial charge in [0.05, 0.1) is 17.1 Å². The predicted octanol–water partition coefficient (Wildman–Crippen LogP) is 3.46. The zero-order chi connectivity index (χ0) is 18.3. The van der Waals surface area contributed by atoms with Gasteiger partial charge < -0.3 is 4.90 Å². The van der Waals surface area contributed by atoms with Gasteiger partial charge in [0.1, 0.15) is 6.54 Å². The van der Waals surface area contributed by atoms with Gasteiger partial charge in [-0.25, -0.2) is 8.42 Å². The molecule has 4 rings (SSSR count). The largest absolute Gasteiger partial charge is 0.336 e. The minimum Gasteiger partial charge on any atom is -0.336 e. The monoisotopic (exact) mass is 386 g/mol. The molecule has 1 aliphatic rings. The number of anilines is 1. The Hall–Kier alpha value is -2.38. The van der Waals surface area contributed by atoms with Crippen LogP contribution in [0.4, 0.5) is 5.69 Å². The van der Waals surface area contributed by atoms with E-state index >= 15 is 0 Å². The van der Waals surface area contributed by atoms with Crippen molar-refractivity contribution >= 4 is 43.7 Å². The maximum atomic E-state index is 13.0. The molecule has 7 heteroatoms. The third-order valence-electron chi connectivity index (χ3n) is 4.62. The van der Waals surface area contributed by atoms with E-state index in [4.69, 9.17) is 0 Å². The zero-order valence-electron chi connectivity index (χ0n) is 14.3. The summed E-state index contributed by atoms with van der Waals surface area (Å²) in [5.74, 6) is -0.200. The number of amides is 1. The molecule has 3 aromatic rings. The van der Waals surface area contributed by atoms with Gasteiger partial charge in [-0.05, 0) is 35.9 Å². The first-order chi connectivity index (χ1) is 12.5. The fourth-order valence-electron chi connectivity index (χ4n) is 3.32. The molecule has 0 unspecified atom stereocenters. The van der Waals surface area contributed by atoms with Crippen molar-refractivity contribution in [2.75, 3.05) is 17.4 Å². The lowest BCUT2D eigenvalue weighted by Crippen LogP contribution is -2.41. The van der Waals surface area contributed by atoms with Crippen molar-refractivity contribution in [1.82, 2.24) is 4.90 Å². The molecule has 0 atom stereocenters. The number of hydrogen-bond donors (Lipinski definition) is 0. The van der Waals surface area contributed by atoms with Crippen LogP contribution < -0.4 is 4.31 Å². The summed E-state index contributed by atoms with van der Waals surface area (Å²) >= 11 is 1.59. The number of hydrogen-bond acceptors (Lipinski definition) is 4. The van der Waals surface area contributed by atoms with E-state index in [1.807, 2.05) is 42.6 Å². The standard InChI is InChI=1S/C19H18N2O3S2/c1-2-20(12-15-8-5-11-25-15)18(22)13-21-16-9-3-6-14-7-4-10-17(19(14)16)26(21,23)24/h3-11H,2,12-13H2,1H3. The summed E-state index contributed by atoms with van der Waals surface area (Å²) in [6.45, 7) is 2.74. The lowest BCUT2D eigenvalue weighted by Gasteiger charge is -2.24. The van der Waals surface area contributed by atoms with Gasteiger partial charge in [-0.2, -0.15) is 0 Å². The third kappa shape index (κ3) is 2.68. The highest BCUT2D eigenvalue weighted by atomic mass is 32.2. The first-order valence-corrected chi connectivity index (χ1v) is 10.7. The molecular formula is C19H18N2O3S2. The highest BCUT2D eigenvalue weighted by Crippen LogP contribution is 2.41. The Kier molecular flexibility index (Phi) is 4.20. The minimum atomic E-state index is -3.71. The second-order valence-electron chi connectivity index (χ2n) is 6.13. The summed E-state index contributed by atoms with van der Waals surface area (Å²) in [5.41, 5.74) is 0.582. The van der Waals surface area contributed by atoms with Gasteiger partial charge in [0.15, 0.2) is 0 Å². The van der Waals surface area contributed by atoms with Crippen molar-refractivity contribution in [3.8, 4) is 0 Å². The lowest BCUT2D eigenvalue weighted by molar-refractivity contribution is -0.129. The Morgan fingerprint density at radius 3 is 2.58 bits per heavy atom. The molecule has 0 saturated carbocycles. The van der Waals surface area contributed by atoms with Gasteiger partial charge in [-0.1, -0.05) is 30.3 Å². The van der Waals surface area contributed by atoms with Crippen LogP contribution in [-0.2, 0) is 21.4 Å². The fraction of sp³-hybridized carbons (Fsp3) is 0.211. The molecule has 0 aliphatic carbocycles. The molecule has 0 N–H and O–H groups in total. The fourth-order valence-corrected chi connectivity index (χ4v) is 5.70. The highest BCUT2D eigenvalue weighted by molar-refractivity contribution is 7.93. The lowest BCUT2D eigenvalue weighted by atomic mass is 10.1. The van der Waals surface area contributed by atoms with Gasteiger partial charge in [0.25, 0.3) is 10.0 Å². The van der Waals surface area contributed by atoms with Gasteiger partial charge in [0, 0.05) is 16.8 Å². The van der Waals surface area contributed by atoms with Crippen LogP contribution in [0.25, 0.3) is 10.8 Å². The SMILES string of the molecule is CCN(Cc1cccs1)C(=O)CN1c2cccc3cccc(c23)S1(=O)=O. The summed E-state index contributed by atoms with van der Waals surface area (Å²) < 4.78 is 27.2. The zero-order valence-corrected chi connectivity index (χ0v) is 15.9. The molecule has 1 amide bonds. The third-order valence-corrected chi connectivity index (χ3v) is 7.28. The van der Waals surface area contributed by atoms with E-state index in [2.05, 4.69) is 0 Å². The summed E-state index contributed by atoms with van der Waals surface area (Å²) in [6.07, 6.45) is 0. The van der Waals surface area contributed by atoms with Crippen LogP contribution in [0, 0.1) is 0 Å².